The monoisotopic (exact) mass is 243 g/mol. The largest absolute Gasteiger partial charge is 0.347 e. The summed E-state index contributed by atoms with van der Waals surface area (Å²) in [6.07, 6.45) is 3.42. The molecule has 1 atom stereocenters. The van der Waals surface area contributed by atoms with Crippen molar-refractivity contribution in [2.45, 2.75) is 26.8 Å². The van der Waals surface area contributed by atoms with E-state index in [1.54, 1.807) is 12.4 Å². The van der Waals surface area contributed by atoms with Crippen LogP contribution in [-0.4, -0.2) is 15.9 Å². The number of carbonyl (C=O) groups is 1. The van der Waals surface area contributed by atoms with Gasteiger partial charge in [0.05, 0.1) is 6.04 Å². The first-order chi connectivity index (χ1) is 8.58. The Labute approximate surface area is 106 Å². The van der Waals surface area contributed by atoms with Crippen LogP contribution in [0.3, 0.4) is 0 Å². The Balaban J connectivity index is 2.10. The Morgan fingerprint density at radius 1 is 1.33 bits per heavy atom. The Morgan fingerprint density at radius 2 is 2.11 bits per heavy atom. The molecule has 4 nitrogen and oxygen atoms in total. The van der Waals surface area contributed by atoms with E-state index in [2.05, 4.69) is 15.3 Å². The highest BCUT2D eigenvalue weighted by atomic mass is 16.1. The molecule has 0 radical (unpaired) electrons. The van der Waals surface area contributed by atoms with Gasteiger partial charge in [-0.3, -0.25) is 4.79 Å². The number of H-pyrrole nitrogens is 1. The topological polar surface area (TPSA) is 57.8 Å². The third kappa shape index (κ3) is 2.59. The number of nitrogens with one attached hydrogen (secondary N) is 2. The average molecular weight is 243 g/mol. The quantitative estimate of drug-likeness (QED) is 0.870. The highest BCUT2D eigenvalue weighted by Crippen LogP contribution is 2.12. The van der Waals surface area contributed by atoms with Crippen molar-refractivity contribution in [2.75, 3.05) is 0 Å². The summed E-state index contributed by atoms with van der Waals surface area (Å²) in [4.78, 5) is 19.2. The maximum atomic E-state index is 12.1. The SMILES string of the molecule is Cc1ccc(C(=O)NC(C)c2ncc[nH]2)cc1C. The molecule has 0 saturated carbocycles. The number of nitrogens with zero attached hydrogens (tertiary/aromatic N) is 1. The lowest BCUT2D eigenvalue weighted by molar-refractivity contribution is 0.0938. The fraction of sp³-hybridized carbons (Fsp3) is 0.286. The minimum Gasteiger partial charge on any atom is -0.347 e. The first-order valence-electron chi connectivity index (χ1n) is 5.95. The highest BCUT2D eigenvalue weighted by Gasteiger charge is 2.13. The lowest BCUT2D eigenvalue weighted by Gasteiger charge is -2.12. The molecule has 4 heteroatoms. The second-order valence-corrected chi connectivity index (χ2v) is 4.47. The molecular formula is C14H17N3O. The van der Waals surface area contributed by atoms with E-state index in [0.717, 1.165) is 11.4 Å². The van der Waals surface area contributed by atoms with Crippen LogP contribution in [0.4, 0.5) is 0 Å². The first-order valence-corrected chi connectivity index (χ1v) is 5.95. The maximum Gasteiger partial charge on any atom is 0.251 e. The number of imidazole rings is 1. The fourth-order valence-electron chi connectivity index (χ4n) is 1.75. The summed E-state index contributed by atoms with van der Waals surface area (Å²) in [7, 11) is 0. The molecule has 0 saturated heterocycles. The summed E-state index contributed by atoms with van der Waals surface area (Å²) in [5, 5.41) is 2.91. The molecule has 0 aliphatic heterocycles. The predicted molar refractivity (Wildman–Crippen MR) is 70.4 cm³/mol. The van der Waals surface area contributed by atoms with Crippen LogP contribution in [-0.2, 0) is 0 Å². The van der Waals surface area contributed by atoms with Crippen molar-refractivity contribution in [1.29, 1.82) is 0 Å². The second kappa shape index (κ2) is 5.04. The van der Waals surface area contributed by atoms with Gasteiger partial charge in [0.25, 0.3) is 5.91 Å². The highest BCUT2D eigenvalue weighted by molar-refractivity contribution is 5.94. The van der Waals surface area contributed by atoms with Gasteiger partial charge in [0.1, 0.15) is 5.82 Å². The number of aromatic amines is 1. The zero-order valence-electron chi connectivity index (χ0n) is 10.8. The van der Waals surface area contributed by atoms with Crippen LogP contribution in [0.25, 0.3) is 0 Å². The summed E-state index contributed by atoms with van der Waals surface area (Å²) < 4.78 is 0. The molecule has 0 spiro atoms. The van der Waals surface area contributed by atoms with Crippen molar-refractivity contribution >= 4 is 5.91 Å². The molecule has 0 aliphatic rings. The predicted octanol–water partition coefficient (Wildman–Crippen LogP) is 2.52. The lowest BCUT2D eigenvalue weighted by atomic mass is 10.1. The zero-order chi connectivity index (χ0) is 13.1. The normalized spacial score (nSPS) is 12.2. The molecule has 1 heterocycles. The summed E-state index contributed by atoms with van der Waals surface area (Å²) in [6.45, 7) is 5.93. The van der Waals surface area contributed by atoms with Gasteiger partial charge in [-0.25, -0.2) is 4.98 Å². The molecule has 2 N–H and O–H groups in total. The standard InChI is InChI=1S/C14H17N3O/c1-9-4-5-12(8-10(9)2)14(18)17-11(3)13-15-6-7-16-13/h4-8,11H,1-3H3,(H,15,16)(H,17,18). The zero-order valence-corrected chi connectivity index (χ0v) is 10.8. The van der Waals surface area contributed by atoms with E-state index >= 15 is 0 Å². The van der Waals surface area contributed by atoms with Gasteiger partial charge in [-0.2, -0.15) is 0 Å². The summed E-state index contributed by atoms with van der Waals surface area (Å²) in [5.41, 5.74) is 2.98. The van der Waals surface area contributed by atoms with Crippen LogP contribution < -0.4 is 5.32 Å². The van der Waals surface area contributed by atoms with Crippen LogP contribution in [0.1, 0.15) is 40.3 Å². The van der Waals surface area contributed by atoms with Crippen LogP contribution in [0.2, 0.25) is 0 Å². The van der Waals surface area contributed by atoms with E-state index in [4.69, 9.17) is 0 Å². The Morgan fingerprint density at radius 3 is 2.72 bits per heavy atom. The minimum absolute atomic E-state index is 0.0815. The Hall–Kier alpha value is -2.10. The molecule has 0 bridgehead atoms. The lowest BCUT2D eigenvalue weighted by Crippen LogP contribution is -2.27. The third-order valence-electron chi connectivity index (χ3n) is 3.05. The third-order valence-corrected chi connectivity index (χ3v) is 3.05. The average Bonchev–Trinajstić information content (AvgIpc) is 2.86. The molecular weight excluding hydrogens is 226 g/mol. The summed E-state index contributed by atoms with van der Waals surface area (Å²) >= 11 is 0. The molecule has 0 aliphatic carbocycles. The number of benzene rings is 1. The van der Waals surface area contributed by atoms with Crippen LogP contribution in [0, 0.1) is 13.8 Å². The van der Waals surface area contributed by atoms with Crippen LogP contribution in [0.15, 0.2) is 30.6 Å². The smallest absolute Gasteiger partial charge is 0.251 e. The number of hydrogen-bond donors (Lipinski definition) is 2. The van der Waals surface area contributed by atoms with Crippen molar-refractivity contribution in [3.05, 3.63) is 53.1 Å². The number of carbonyl (C=O) groups excluding carboxylic acids is 1. The number of amides is 1. The van der Waals surface area contributed by atoms with Crippen LogP contribution in [0.5, 0.6) is 0 Å². The molecule has 1 aromatic carbocycles. The van der Waals surface area contributed by atoms with Crippen molar-refractivity contribution in [3.8, 4) is 0 Å². The number of aromatic nitrogens is 2. The maximum absolute atomic E-state index is 12.1. The van der Waals surface area contributed by atoms with E-state index in [1.807, 2.05) is 39.0 Å². The van der Waals surface area contributed by atoms with Crippen LogP contribution >= 0.6 is 0 Å². The van der Waals surface area contributed by atoms with Gasteiger partial charge < -0.3 is 10.3 Å². The molecule has 18 heavy (non-hydrogen) atoms. The molecule has 1 aromatic heterocycles. The van der Waals surface area contributed by atoms with Gasteiger partial charge in [-0.1, -0.05) is 6.07 Å². The van der Waals surface area contributed by atoms with E-state index in [1.165, 1.54) is 5.56 Å². The van der Waals surface area contributed by atoms with E-state index < -0.39 is 0 Å². The van der Waals surface area contributed by atoms with Gasteiger partial charge >= 0.3 is 0 Å². The minimum atomic E-state index is -0.130. The molecule has 2 aromatic rings. The number of aryl methyl sites for hydroxylation is 2. The van der Waals surface area contributed by atoms with Crippen molar-refractivity contribution in [3.63, 3.8) is 0 Å². The first kappa shape index (κ1) is 12.4. The number of hydrogen-bond acceptors (Lipinski definition) is 2. The Bertz CT molecular complexity index is 546. The second-order valence-electron chi connectivity index (χ2n) is 4.47. The van der Waals surface area contributed by atoms with E-state index in [9.17, 15) is 4.79 Å². The fourth-order valence-corrected chi connectivity index (χ4v) is 1.75. The molecule has 94 valence electrons. The van der Waals surface area contributed by atoms with Gasteiger partial charge in [0.2, 0.25) is 0 Å². The van der Waals surface area contributed by atoms with Crippen molar-refractivity contribution in [2.24, 2.45) is 0 Å². The summed E-state index contributed by atoms with van der Waals surface area (Å²) in [6, 6.07) is 5.57. The molecule has 1 amide bonds. The van der Waals surface area contributed by atoms with E-state index in [-0.39, 0.29) is 11.9 Å². The van der Waals surface area contributed by atoms with Gasteiger partial charge in [-0.05, 0) is 44.0 Å². The van der Waals surface area contributed by atoms with Gasteiger partial charge in [0, 0.05) is 18.0 Å². The van der Waals surface area contributed by atoms with Crippen molar-refractivity contribution < 1.29 is 4.79 Å². The Kier molecular flexibility index (Phi) is 3.46. The molecule has 1 unspecified atom stereocenters. The van der Waals surface area contributed by atoms with Gasteiger partial charge in [-0.15, -0.1) is 0 Å². The summed E-state index contributed by atoms with van der Waals surface area (Å²) in [5.74, 6) is 0.675. The van der Waals surface area contributed by atoms with Crippen molar-refractivity contribution in [1.82, 2.24) is 15.3 Å². The number of rotatable bonds is 3. The van der Waals surface area contributed by atoms with E-state index in [0.29, 0.717) is 5.56 Å². The van der Waals surface area contributed by atoms with Gasteiger partial charge in [0.15, 0.2) is 0 Å². The molecule has 2 rings (SSSR count). The molecule has 0 fully saturated rings.